The van der Waals surface area contributed by atoms with Crippen LogP contribution in [0.15, 0.2) is 43.1 Å². The molecule has 1 saturated heterocycles. The van der Waals surface area contributed by atoms with Crippen LogP contribution in [-0.4, -0.2) is 66.8 Å². The molecule has 8 nitrogen and oxygen atoms in total. The van der Waals surface area contributed by atoms with E-state index in [2.05, 4.69) is 35.9 Å². The SMILES string of the molecule is N#CC[C@]1(n2cc(-c3ncnc4[nH]ccc34)cn2)C[C@@H](N2CCN(Cc3c(F)ccc(F)c3Cl)CC2)C1. The molecular formula is C26H25ClF2N8. The number of halogens is 3. The van der Waals surface area contributed by atoms with E-state index in [0.29, 0.717) is 12.5 Å². The number of H-pyrrole nitrogens is 1. The molecule has 0 bridgehead atoms. The molecule has 0 atom stereocenters. The molecule has 1 aromatic carbocycles. The molecule has 4 aromatic rings. The molecule has 1 aliphatic carbocycles. The Morgan fingerprint density at radius 2 is 1.89 bits per heavy atom. The normalized spacial score (nSPS) is 22.7. The number of piperazine rings is 1. The number of aromatic amines is 1. The maximum atomic E-state index is 14.2. The third-order valence-electron chi connectivity index (χ3n) is 7.78. The van der Waals surface area contributed by atoms with Gasteiger partial charge in [-0.3, -0.25) is 14.5 Å². The van der Waals surface area contributed by atoms with Crippen LogP contribution in [0.4, 0.5) is 8.78 Å². The average molecular weight is 523 g/mol. The zero-order chi connectivity index (χ0) is 25.6. The topological polar surface area (TPSA) is 89.7 Å². The Morgan fingerprint density at radius 1 is 1.11 bits per heavy atom. The second-order valence-electron chi connectivity index (χ2n) is 9.89. The minimum absolute atomic E-state index is 0.138. The maximum absolute atomic E-state index is 14.2. The Balaban J connectivity index is 1.11. The van der Waals surface area contributed by atoms with Crippen LogP contribution in [0, 0.1) is 23.0 Å². The maximum Gasteiger partial charge on any atom is 0.142 e. The van der Waals surface area contributed by atoms with Gasteiger partial charge in [0.2, 0.25) is 0 Å². The van der Waals surface area contributed by atoms with Gasteiger partial charge in [0.1, 0.15) is 23.6 Å². The number of hydrogen-bond acceptors (Lipinski definition) is 6. The summed E-state index contributed by atoms with van der Waals surface area (Å²) in [4.78, 5) is 16.3. The summed E-state index contributed by atoms with van der Waals surface area (Å²) in [7, 11) is 0. The zero-order valence-electron chi connectivity index (χ0n) is 20.0. The van der Waals surface area contributed by atoms with Crippen molar-refractivity contribution >= 4 is 22.6 Å². The van der Waals surface area contributed by atoms with Gasteiger partial charge in [-0.1, -0.05) is 11.6 Å². The van der Waals surface area contributed by atoms with E-state index in [9.17, 15) is 14.0 Å². The van der Waals surface area contributed by atoms with Crippen LogP contribution < -0.4 is 0 Å². The van der Waals surface area contributed by atoms with Gasteiger partial charge in [0, 0.05) is 67.7 Å². The molecule has 1 aliphatic heterocycles. The lowest BCUT2D eigenvalue weighted by molar-refractivity contribution is -0.0192. The van der Waals surface area contributed by atoms with Crippen LogP contribution in [0.25, 0.3) is 22.3 Å². The predicted octanol–water partition coefficient (Wildman–Crippen LogP) is 4.34. The highest BCUT2D eigenvalue weighted by molar-refractivity contribution is 6.31. The molecule has 0 radical (unpaired) electrons. The van der Waals surface area contributed by atoms with Crippen molar-refractivity contribution in [1.29, 1.82) is 5.26 Å². The lowest BCUT2D eigenvalue weighted by Gasteiger charge is -2.52. The molecule has 0 spiro atoms. The van der Waals surface area contributed by atoms with Gasteiger partial charge in [-0.25, -0.2) is 18.7 Å². The summed E-state index contributed by atoms with van der Waals surface area (Å²) < 4.78 is 29.9. The second-order valence-corrected chi connectivity index (χ2v) is 10.3. The summed E-state index contributed by atoms with van der Waals surface area (Å²) in [5.41, 5.74) is 2.34. The average Bonchev–Trinajstić information content (AvgIpc) is 3.57. The van der Waals surface area contributed by atoms with Crippen LogP contribution in [0.2, 0.25) is 5.02 Å². The molecule has 4 heterocycles. The van der Waals surface area contributed by atoms with E-state index in [4.69, 9.17) is 11.6 Å². The Hall–Kier alpha value is -3.39. The minimum atomic E-state index is -0.598. The van der Waals surface area contributed by atoms with Crippen LogP contribution in [0.1, 0.15) is 24.8 Å². The smallest absolute Gasteiger partial charge is 0.142 e. The number of rotatable bonds is 6. The van der Waals surface area contributed by atoms with Crippen molar-refractivity contribution in [3.05, 3.63) is 65.3 Å². The van der Waals surface area contributed by atoms with Crippen LogP contribution >= 0.6 is 11.6 Å². The molecule has 0 unspecified atom stereocenters. The van der Waals surface area contributed by atoms with Crippen molar-refractivity contribution in [3.8, 4) is 17.3 Å². The number of aromatic nitrogens is 5. The van der Waals surface area contributed by atoms with Crippen LogP contribution in [-0.2, 0) is 12.1 Å². The fourth-order valence-corrected chi connectivity index (χ4v) is 5.88. The van der Waals surface area contributed by atoms with E-state index in [1.54, 1.807) is 6.20 Å². The van der Waals surface area contributed by atoms with Gasteiger partial charge in [-0.05, 0) is 31.0 Å². The van der Waals surface area contributed by atoms with Gasteiger partial charge >= 0.3 is 0 Å². The van der Waals surface area contributed by atoms with Gasteiger partial charge < -0.3 is 4.98 Å². The third-order valence-corrected chi connectivity index (χ3v) is 8.19. The van der Waals surface area contributed by atoms with Crippen molar-refractivity contribution in [3.63, 3.8) is 0 Å². The lowest BCUT2D eigenvalue weighted by Crippen LogP contribution is -2.60. The van der Waals surface area contributed by atoms with Gasteiger partial charge in [0.15, 0.2) is 0 Å². The lowest BCUT2D eigenvalue weighted by atomic mass is 9.70. The molecule has 37 heavy (non-hydrogen) atoms. The first-order valence-corrected chi connectivity index (χ1v) is 12.6. The number of benzene rings is 1. The van der Waals surface area contributed by atoms with Gasteiger partial charge in [0.05, 0.1) is 34.9 Å². The highest BCUT2D eigenvalue weighted by Crippen LogP contribution is 2.45. The Kier molecular flexibility index (Phi) is 6.15. The van der Waals surface area contributed by atoms with E-state index >= 15 is 0 Å². The molecule has 1 N–H and O–H groups in total. The van der Waals surface area contributed by atoms with Crippen LogP contribution in [0.3, 0.4) is 0 Å². The van der Waals surface area contributed by atoms with Crippen LogP contribution in [0.5, 0.6) is 0 Å². The molecule has 1 saturated carbocycles. The summed E-state index contributed by atoms with van der Waals surface area (Å²) >= 11 is 6.02. The minimum Gasteiger partial charge on any atom is -0.346 e. The van der Waals surface area contributed by atoms with E-state index in [1.165, 1.54) is 6.33 Å². The fourth-order valence-electron chi connectivity index (χ4n) is 5.67. The van der Waals surface area contributed by atoms with Gasteiger partial charge in [0.25, 0.3) is 0 Å². The Bertz CT molecular complexity index is 1480. The van der Waals surface area contributed by atoms with Gasteiger partial charge in [-0.15, -0.1) is 0 Å². The molecule has 6 rings (SSSR count). The molecule has 2 fully saturated rings. The molecule has 2 aliphatic rings. The first-order valence-electron chi connectivity index (χ1n) is 12.3. The number of hydrogen-bond donors (Lipinski definition) is 1. The number of nitrogens with one attached hydrogen (secondary N) is 1. The molecule has 11 heteroatoms. The number of nitrogens with zero attached hydrogens (tertiary/aromatic N) is 7. The monoisotopic (exact) mass is 522 g/mol. The predicted molar refractivity (Wildman–Crippen MR) is 135 cm³/mol. The Morgan fingerprint density at radius 3 is 2.68 bits per heavy atom. The highest BCUT2D eigenvalue weighted by Gasteiger charge is 2.49. The quantitative estimate of drug-likeness (QED) is 0.379. The standard InChI is InChI=1S/C26H25ClF2N8/c27-23-20(21(28)1-2-22(23)29)15-35-7-9-36(10-8-35)18-11-26(12-18,4-5-30)37-14-17(13-34-37)24-19-3-6-31-25(19)33-16-32-24/h1-3,6,13-14,16,18H,4,7-12,15H2,(H,31,32,33)/t18-,26+. The van der Waals surface area contributed by atoms with Crippen molar-refractivity contribution in [1.82, 2.24) is 34.5 Å². The summed E-state index contributed by atoms with van der Waals surface area (Å²) in [6, 6.07) is 6.83. The summed E-state index contributed by atoms with van der Waals surface area (Å²) in [5, 5.41) is 15.0. The molecule has 190 valence electrons. The first kappa shape index (κ1) is 24.0. The highest BCUT2D eigenvalue weighted by atomic mass is 35.5. The zero-order valence-corrected chi connectivity index (χ0v) is 20.8. The molecule has 3 aromatic heterocycles. The van der Waals surface area contributed by atoms with Crippen molar-refractivity contribution in [2.75, 3.05) is 26.2 Å². The Labute approximate surface area is 217 Å². The summed E-state index contributed by atoms with van der Waals surface area (Å²) in [6.07, 6.45) is 9.19. The van der Waals surface area contributed by atoms with Gasteiger partial charge in [-0.2, -0.15) is 10.4 Å². The van der Waals surface area contributed by atoms with E-state index in [0.717, 1.165) is 73.4 Å². The third kappa shape index (κ3) is 4.27. The molecule has 0 amide bonds. The second kappa shape index (κ2) is 9.49. The summed E-state index contributed by atoms with van der Waals surface area (Å²) in [6.45, 7) is 3.39. The molecular weight excluding hydrogens is 498 g/mol. The summed E-state index contributed by atoms with van der Waals surface area (Å²) in [5.74, 6) is -1.08. The number of nitriles is 1. The van der Waals surface area contributed by atoms with Crippen molar-refractivity contribution in [2.24, 2.45) is 0 Å². The fraction of sp³-hybridized carbons (Fsp3) is 0.385. The first-order chi connectivity index (χ1) is 18.0. The largest absolute Gasteiger partial charge is 0.346 e. The van der Waals surface area contributed by atoms with E-state index in [1.807, 2.05) is 23.1 Å². The number of fused-ring (bicyclic) bond motifs is 1. The van der Waals surface area contributed by atoms with E-state index < -0.39 is 11.6 Å². The van der Waals surface area contributed by atoms with Crippen molar-refractivity contribution < 1.29 is 8.78 Å². The van der Waals surface area contributed by atoms with E-state index in [-0.39, 0.29) is 22.7 Å². The van der Waals surface area contributed by atoms with Crippen molar-refractivity contribution in [2.45, 2.75) is 37.4 Å².